The van der Waals surface area contributed by atoms with Crippen LogP contribution in [0.2, 0.25) is 0 Å². The molecule has 0 saturated carbocycles. The number of rotatable bonds is 2. The van der Waals surface area contributed by atoms with E-state index in [-0.39, 0.29) is 0 Å². The molecule has 1 rings (SSSR count). The Bertz CT molecular complexity index is 502. The molecule has 0 saturated heterocycles. The fourth-order valence-electron chi connectivity index (χ4n) is 0.855. The van der Waals surface area contributed by atoms with E-state index < -0.39 is 26.3 Å². The van der Waals surface area contributed by atoms with Crippen LogP contribution in [0.25, 0.3) is 0 Å². The summed E-state index contributed by atoms with van der Waals surface area (Å²) < 4.78 is 24.3. The summed E-state index contributed by atoms with van der Waals surface area (Å²) in [6, 6.07) is 1.06. The second-order valence-electron chi connectivity index (χ2n) is 2.53. The van der Waals surface area contributed by atoms with Gasteiger partial charge in [0.2, 0.25) is 11.3 Å². The predicted molar refractivity (Wildman–Crippen MR) is 48.1 cm³/mol. The lowest BCUT2D eigenvalue weighted by Gasteiger charge is -2.02. The van der Waals surface area contributed by atoms with Crippen LogP contribution in [-0.4, -0.2) is 19.3 Å². The van der Waals surface area contributed by atoms with Crippen molar-refractivity contribution >= 4 is 15.9 Å². The Morgan fingerprint density at radius 1 is 1.50 bits per heavy atom. The highest BCUT2D eigenvalue weighted by Gasteiger charge is 2.18. The molecule has 1 amide bonds. The summed E-state index contributed by atoms with van der Waals surface area (Å²) in [5, 5.41) is 0. The summed E-state index contributed by atoms with van der Waals surface area (Å²) in [5.41, 5.74) is -0.669. The van der Waals surface area contributed by atoms with E-state index >= 15 is 0 Å². The highest BCUT2D eigenvalue weighted by Crippen LogP contribution is 1.98. The minimum absolute atomic E-state index is 0.477. The highest BCUT2D eigenvalue weighted by atomic mass is 32.2. The maximum absolute atomic E-state index is 11.3. The van der Waals surface area contributed by atoms with Crippen molar-refractivity contribution in [1.82, 2.24) is 9.71 Å². The number of carbonyl (C=O) groups is 1. The number of sulfonamides is 1. The van der Waals surface area contributed by atoms with Crippen LogP contribution in [0.3, 0.4) is 0 Å². The molecule has 0 aliphatic rings. The Morgan fingerprint density at radius 3 is 2.64 bits per heavy atom. The molecule has 7 heteroatoms. The second-order valence-corrected chi connectivity index (χ2v) is 4.19. The standard InChI is InChI=1S/C7H8N2O4S/c1-5(10)9-14(12,13)7-4-8-3-2-6(7)11/h2-4H,1H3,(H,8,11)(H,9,10). The van der Waals surface area contributed by atoms with Crippen molar-refractivity contribution in [2.45, 2.75) is 11.8 Å². The van der Waals surface area contributed by atoms with Gasteiger partial charge in [0.1, 0.15) is 0 Å². The summed E-state index contributed by atoms with van der Waals surface area (Å²) in [4.78, 5) is 23.6. The van der Waals surface area contributed by atoms with Crippen molar-refractivity contribution in [3.63, 3.8) is 0 Å². The minimum Gasteiger partial charge on any atom is -0.366 e. The topological polar surface area (TPSA) is 96.1 Å². The van der Waals surface area contributed by atoms with Gasteiger partial charge in [-0.25, -0.2) is 13.1 Å². The summed E-state index contributed by atoms with van der Waals surface area (Å²) in [5.74, 6) is -0.742. The molecule has 76 valence electrons. The first-order chi connectivity index (χ1) is 6.43. The maximum Gasteiger partial charge on any atom is 0.269 e. The fraction of sp³-hybridized carbons (Fsp3) is 0.143. The normalized spacial score (nSPS) is 10.9. The molecule has 0 aliphatic heterocycles. The molecule has 0 fully saturated rings. The number of H-pyrrole nitrogens is 1. The Balaban J connectivity index is 3.25. The smallest absolute Gasteiger partial charge is 0.269 e. The summed E-state index contributed by atoms with van der Waals surface area (Å²) in [7, 11) is -4.03. The first kappa shape index (κ1) is 10.5. The molecule has 0 spiro atoms. The average Bonchev–Trinajstić information content (AvgIpc) is 2.02. The van der Waals surface area contributed by atoms with Gasteiger partial charge in [0.05, 0.1) is 0 Å². The van der Waals surface area contributed by atoms with Gasteiger partial charge >= 0.3 is 0 Å². The molecule has 0 radical (unpaired) electrons. The van der Waals surface area contributed by atoms with Crippen molar-refractivity contribution < 1.29 is 13.2 Å². The maximum atomic E-state index is 11.3. The molecule has 0 aliphatic carbocycles. The molecule has 1 aromatic heterocycles. The third-order valence-corrected chi connectivity index (χ3v) is 2.81. The monoisotopic (exact) mass is 216 g/mol. The molecule has 0 unspecified atom stereocenters. The zero-order chi connectivity index (χ0) is 10.8. The molecular formula is C7H8N2O4S. The van der Waals surface area contributed by atoms with E-state index in [2.05, 4.69) is 4.98 Å². The van der Waals surface area contributed by atoms with E-state index in [0.29, 0.717) is 0 Å². The lowest BCUT2D eigenvalue weighted by molar-refractivity contribution is -0.117. The number of hydrogen-bond donors (Lipinski definition) is 2. The van der Waals surface area contributed by atoms with Gasteiger partial charge in [0.25, 0.3) is 10.0 Å². The van der Waals surface area contributed by atoms with Gasteiger partial charge in [-0.3, -0.25) is 9.59 Å². The van der Waals surface area contributed by atoms with E-state index in [4.69, 9.17) is 0 Å². The van der Waals surface area contributed by atoms with E-state index in [9.17, 15) is 18.0 Å². The Morgan fingerprint density at radius 2 is 2.14 bits per heavy atom. The van der Waals surface area contributed by atoms with Gasteiger partial charge in [-0.2, -0.15) is 0 Å². The Labute approximate surface area is 80.0 Å². The van der Waals surface area contributed by atoms with Crippen LogP contribution in [0.15, 0.2) is 28.2 Å². The van der Waals surface area contributed by atoms with Crippen molar-refractivity contribution in [2.75, 3.05) is 0 Å². The van der Waals surface area contributed by atoms with E-state index in [0.717, 1.165) is 19.2 Å². The lowest BCUT2D eigenvalue weighted by Crippen LogP contribution is -2.31. The molecule has 0 atom stereocenters. The summed E-state index contributed by atoms with van der Waals surface area (Å²) >= 11 is 0. The number of amides is 1. The first-order valence-electron chi connectivity index (χ1n) is 3.64. The van der Waals surface area contributed by atoms with Gasteiger partial charge in [-0.1, -0.05) is 0 Å². The lowest BCUT2D eigenvalue weighted by atomic mass is 10.5. The molecule has 1 heterocycles. The van der Waals surface area contributed by atoms with Gasteiger partial charge in [-0.05, 0) is 0 Å². The molecule has 0 bridgehead atoms. The molecule has 2 N–H and O–H groups in total. The van der Waals surface area contributed by atoms with E-state index in [1.54, 1.807) is 4.72 Å². The number of pyridine rings is 1. The van der Waals surface area contributed by atoms with Crippen molar-refractivity contribution in [2.24, 2.45) is 0 Å². The van der Waals surface area contributed by atoms with Crippen molar-refractivity contribution in [1.29, 1.82) is 0 Å². The molecule has 0 aromatic carbocycles. The number of nitrogens with one attached hydrogen (secondary N) is 2. The molecule has 1 aromatic rings. The third kappa shape index (κ3) is 2.19. The highest BCUT2D eigenvalue weighted by molar-refractivity contribution is 7.90. The Hall–Kier alpha value is -1.63. The zero-order valence-electron chi connectivity index (χ0n) is 7.27. The van der Waals surface area contributed by atoms with E-state index in [1.807, 2.05) is 0 Å². The Kier molecular flexibility index (Phi) is 2.70. The summed E-state index contributed by atoms with van der Waals surface area (Å²) in [6.07, 6.45) is 2.32. The van der Waals surface area contributed by atoms with Crippen LogP contribution in [0.1, 0.15) is 6.92 Å². The largest absolute Gasteiger partial charge is 0.366 e. The van der Waals surface area contributed by atoms with Crippen LogP contribution in [0.5, 0.6) is 0 Å². The SMILES string of the molecule is CC(=O)NS(=O)(=O)c1c[nH]ccc1=O. The van der Waals surface area contributed by atoms with Crippen LogP contribution in [0.4, 0.5) is 0 Å². The molecular weight excluding hydrogens is 208 g/mol. The van der Waals surface area contributed by atoms with Crippen LogP contribution in [0, 0.1) is 0 Å². The second kappa shape index (κ2) is 3.62. The van der Waals surface area contributed by atoms with Gasteiger partial charge in [0, 0.05) is 25.4 Å². The zero-order valence-corrected chi connectivity index (χ0v) is 8.09. The van der Waals surface area contributed by atoms with Crippen molar-refractivity contribution in [3.05, 3.63) is 28.7 Å². The van der Waals surface area contributed by atoms with Gasteiger partial charge < -0.3 is 4.98 Å². The van der Waals surface area contributed by atoms with Crippen LogP contribution in [-0.2, 0) is 14.8 Å². The summed E-state index contributed by atoms with van der Waals surface area (Å²) in [6.45, 7) is 1.05. The van der Waals surface area contributed by atoms with Gasteiger partial charge in [-0.15, -0.1) is 0 Å². The quantitative estimate of drug-likeness (QED) is 0.676. The van der Waals surface area contributed by atoms with Gasteiger partial charge in [0.15, 0.2) is 4.90 Å². The van der Waals surface area contributed by atoms with Crippen LogP contribution >= 0.6 is 0 Å². The van der Waals surface area contributed by atoms with Crippen molar-refractivity contribution in [3.8, 4) is 0 Å². The number of carbonyl (C=O) groups excluding carboxylic acids is 1. The fourth-order valence-corrected chi connectivity index (χ4v) is 1.90. The molecule has 14 heavy (non-hydrogen) atoms. The number of hydrogen-bond acceptors (Lipinski definition) is 4. The van der Waals surface area contributed by atoms with Crippen LogP contribution < -0.4 is 10.2 Å². The molecule has 6 nitrogen and oxygen atoms in total. The predicted octanol–water partition coefficient (Wildman–Crippen LogP) is -0.800. The minimum atomic E-state index is -4.03. The number of aromatic amines is 1. The first-order valence-corrected chi connectivity index (χ1v) is 5.12. The average molecular weight is 216 g/mol. The third-order valence-electron chi connectivity index (χ3n) is 1.36. The van der Waals surface area contributed by atoms with E-state index in [1.165, 1.54) is 6.20 Å². The number of aromatic nitrogens is 1.